The summed E-state index contributed by atoms with van der Waals surface area (Å²) in [7, 11) is 0. The van der Waals surface area contributed by atoms with Crippen molar-refractivity contribution >= 4 is 17.6 Å². The molecule has 0 unspecified atom stereocenters. The predicted molar refractivity (Wildman–Crippen MR) is 53.5 cm³/mol. The van der Waals surface area contributed by atoms with Gasteiger partial charge < -0.3 is 4.57 Å². The second-order valence-corrected chi connectivity index (χ2v) is 3.84. The lowest BCUT2D eigenvalue weighted by molar-refractivity contribution is 0.111. The van der Waals surface area contributed by atoms with Crippen LogP contribution in [0, 0.1) is 0 Å². The summed E-state index contributed by atoms with van der Waals surface area (Å²) in [6, 6.07) is 0.135. The highest BCUT2D eigenvalue weighted by atomic mass is 32.1. The maximum absolute atomic E-state index is 10.4. The summed E-state index contributed by atoms with van der Waals surface area (Å²) >= 11 is 1.59. The summed E-state index contributed by atoms with van der Waals surface area (Å²) in [5, 5.41) is 2.95. The molecule has 2 aromatic rings. The molecular formula is C9H9N3OS. The van der Waals surface area contributed by atoms with E-state index >= 15 is 0 Å². The van der Waals surface area contributed by atoms with Crippen molar-refractivity contribution in [2.75, 3.05) is 0 Å². The lowest BCUT2D eigenvalue weighted by Gasteiger charge is -2.08. The molecule has 0 spiro atoms. The third-order valence-corrected chi connectivity index (χ3v) is 2.94. The zero-order chi connectivity index (χ0) is 9.97. The topological polar surface area (TPSA) is 47.8 Å². The van der Waals surface area contributed by atoms with E-state index in [4.69, 9.17) is 0 Å². The Morgan fingerprint density at radius 2 is 2.43 bits per heavy atom. The van der Waals surface area contributed by atoms with Crippen molar-refractivity contribution in [2.24, 2.45) is 0 Å². The number of hydrogen-bond acceptors (Lipinski definition) is 4. The fourth-order valence-electron chi connectivity index (χ4n) is 1.19. The standard InChI is InChI=1S/C9H9N3OS/c1-7(9-10-2-3-14-9)12-4-8(5-13)11-6-12/h2-7H,1H3/t7-/m0/s1. The fourth-order valence-corrected chi connectivity index (χ4v) is 1.90. The molecule has 72 valence electrons. The van der Waals surface area contributed by atoms with Gasteiger partial charge in [0.25, 0.3) is 0 Å². The number of aldehydes is 1. The number of thiazole rings is 1. The van der Waals surface area contributed by atoms with Crippen LogP contribution in [0.15, 0.2) is 24.1 Å². The number of rotatable bonds is 3. The van der Waals surface area contributed by atoms with Crippen LogP contribution in [-0.4, -0.2) is 20.8 Å². The summed E-state index contributed by atoms with van der Waals surface area (Å²) in [6.45, 7) is 2.02. The molecular weight excluding hydrogens is 198 g/mol. The first kappa shape index (κ1) is 9.08. The summed E-state index contributed by atoms with van der Waals surface area (Å²) in [5.41, 5.74) is 0.452. The van der Waals surface area contributed by atoms with Gasteiger partial charge in [0.15, 0.2) is 6.29 Å². The molecule has 4 nitrogen and oxygen atoms in total. The van der Waals surface area contributed by atoms with Crippen molar-refractivity contribution < 1.29 is 4.79 Å². The Bertz CT molecular complexity index is 421. The molecule has 1 atom stereocenters. The van der Waals surface area contributed by atoms with Gasteiger partial charge in [0.2, 0.25) is 0 Å². The van der Waals surface area contributed by atoms with E-state index in [0.29, 0.717) is 5.69 Å². The molecule has 0 bridgehead atoms. The highest BCUT2D eigenvalue weighted by Gasteiger charge is 2.10. The molecule has 0 amide bonds. The first-order chi connectivity index (χ1) is 6.81. The number of imidazole rings is 1. The van der Waals surface area contributed by atoms with Crippen LogP contribution in [0.4, 0.5) is 0 Å². The molecule has 0 saturated heterocycles. The van der Waals surface area contributed by atoms with Gasteiger partial charge in [-0.05, 0) is 6.92 Å². The molecule has 2 rings (SSSR count). The molecule has 5 heteroatoms. The van der Waals surface area contributed by atoms with Gasteiger partial charge in [0, 0.05) is 17.8 Å². The highest BCUT2D eigenvalue weighted by molar-refractivity contribution is 7.09. The average molecular weight is 207 g/mol. The van der Waals surface area contributed by atoms with Crippen LogP contribution in [0.25, 0.3) is 0 Å². The van der Waals surface area contributed by atoms with Gasteiger partial charge in [-0.1, -0.05) is 0 Å². The summed E-state index contributed by atoms with van der Waals surface area (Å²) in [4.78, 5) is 18.6. The molecule has 0 aromatic carbocycles. The van der Waals surface area contributed by atoms with Crippen LogP contribution in [0.5, 0.6) is 0 Å². The predicted octanol–water partition coefficient (Wildman–Crippen LogP) is 1.76. The minimum Gasteiger partial charge on any atom is -0.327 e. The quantitative estimate of drug-likeness (QED) is 0.720. The molecule has 0 fully saturated rings. The number of nitrogens with zero attached hydrogens (tertiary/aromatic N) is 3. The van der Waals surface area contributed by atoms with Crippen LogP contribution in [0.2, 0.25) is 0 Å². The third-order valence-electron chi connectivity index (χ3n) is 2.00. The minimum atomic E-state index is 0.135. The molecule has 0 radical (unpaired) electrons. The summed E-state index contributed by atoms with van der Waals surface area (Å²) < 4.78 is 1.88. The molecule has 0 aliphatic rings. The Balaban J connectivity index is 2.27. The largest absolute Gasteiger partial charge is 0.327 e. The second-order valence-electron chi connectivity index (χ2n) is 2.91. The van der Waals surface area contributed by atoms with E-state index in [1.165, 1.54) is 0 Å². The van der Waals surface area contributed by atoms with Crippen molar-refractivity contribution in [3.8, 4) is 0 Å². The van der Waals surface area contributed by atoms with E-state index in [-0.39, 0.29) is 6.04 Å². The number of carbonyl (C=O) groups excluding carboxylic acids is 1. The van der Waals surface area contributed by atoms with E-state index < -0.39 is 0 Å². The average Bonchev–Trinajstić information content (AvgIpc) is 2.88. The maximum atomic E-state index is 10.4. The monoisotopic (exact) mass is 207 g/mol. The van der Waals surface area contributed by atoms with Crippen molar-refractivity contribution in [2.45, 2.75) is 13.0 Å². The van der Waals surface area contributed by atoms with Crippen molar-refractivity contribution in [1.29, 1.82) is 0 Å². The van der Waals surface area contributed by atoms with Crippen LogP contribution < -0.4 is 0 Å². The lowest BCUT2D eigenvalue weighted by atomic mass is 10.3. The van der Waals surface area contributed by atoms with E-state index in [2.05, 4.69) is 9.97 Å². The molecule has 2 heterocycles. The summed E-state index contributed by atoms with van der Waals surface area (Å²) in [6.07, 6.45) is 5.88. The first-order valence-corrected chi connectivity index (χ1v) is 5.07. The van der Waals surface area contributed by atoms with Crippen LogP contribution in [0.3, 0.4) is 0 Å². The van der Waals surface area contributed by atoms with Gasteiger partial charge in [-0.25, -0.2) is 9.97 Å². The van der Waals surface area contributed by atoms with Crippen molar-refractivity contribution in [3.63, 3.8) is 0 Å². The normalized spacial score (nSPS) is 12.6. The van der Waals surface area contributed by atoms with Gasteiger partial charge in [0.1, 0.15) is 10.7 Å². The molecule has 2 aromatic heterocycles. The number of hydrogen-bond donors (Lipinski definition) is 0. The van der Waals surface area contributed by atoms with Crippen LogP contribution >= 0.6 is 11.3 Å². The lowest BCUT2D eigenvalue weighted by Crippen LogP contribution is -2.03. The SMILES string of the molecule is C[C@@H](c1nccs1)n1cnc(C=O)c1. The Kier molecular flexibility index (Phi) is 2.41. The maximum Gasteiger partial charge on any atom is 0.169 e. The van der Waals surface area contributed by atoms with E-state index in [1.54, 1.807) is 30.1 Å². The first-order valence-electron chi connectivity index (χ1n) is 4.19. The molecule has 0 saturated carbocycles. The zero-order valence-electron chi connectivity index (χ0n) is 7.62. The minimum absolute atomic E-state index is 0.135. The van der Waals surface area contributed by atoms with Gasteiger partial charge >= 0.3 is 0 Å². The van der Waals surface area contributed by atoms with E-state index in [0.717, 1.165) is 11.3 Å². The van der Waals surface area contributed by atoms with E-state index in [9.17, 15) is 4.79 Å². The molecule has 0 N–H and O–H groups in total. The van der Waals surface area contributed by atoms with E-state index in [1.807, 2.05) is 16.9 Å². The molecule has 14 heavy (non-hydrogen) atoms. The van der Waals surface area contributed by atoms with Crippen molar-refractivity contribution in [1.82, 2.24) is 14.5 Å². The zero-order valence-corrected chi connectivity index (χ0v) is 8.44. The van der Waals surface area contributed by atoms with Crippen molar-refractivity contribution in [3.05, 3.63) is 34.8 Å². The van der Waals surface area contributed by atoms with Gasteiger partial charge in [-0.2, -0.15) is 0 Å². The third kappa shape index (κ3) is 1.58. The highest BCUT2D eigenvalue weighted by Crippen LogP contribution is 2.19. The van der Waals surface area contributed by atoms with Gasteiger partial charge in [-0.3, -0.25) is 4.79 Å². The second kappa shape index (κ2) is 3.71. The Morgan fingerprint density at radius 3 is 3.00 bits per heavy atom. The van der Waals surface area contributed by atoms with Crippen LogP contribution in [0.1, 0.15) is 28.5 Å². The van der Waals surface area contributed by atoms with Gasteiger partial charge in [0.05, 0.1) is 12.4 Å². The molecule has 0 aliphatic carbocycles. The Labute approximate surface area is 85.2 Å². The molecule has 0 aliphatic heterocycles. The Morgan fingerprint density at radius 1 is 1.57 bits per heavy atom. The Hall–Kier alpha value is -1.49. The van der Waals surface area contributed by atoms with Crippen LogP contribution in [-0.2, 0) is 0 Å². The smallest absolute Gasteiger partial charge is 0.169 e. The fraction of sp³-hybridized carbons (Fsp3) is 0.222. The number of aromatic nitrogens is 3. The van der Waals surface area contributed by atoms with Gasteiger partial charge in [-0.15, -0.1) is 11.3 Å². The summed E-state index contributed by atoms with van der Waals surface area (Å²) in [5.74, 6) is 0. The number of carbonyl (C=O) groups is 1.